The van der Waals surface area contributed by atoms with E-state index in [9.17, 15) is 14.9 Å². The average molecular weight is 316 g/mol. The number of nitro benzene ring substituents is 1. The highest BCUT2D eigenvalue weighted by atomic mass is 35.5. The number of carbonyl (C=O) groups is 1. The van der Waals surface area contributed by atoms with E-state index in [0.717, 1.165) is 0 Å². The number of nitro groups is 1. The molecule has 1 amide bonds. The first-order valence-electron chi connectivity index (χ1n) is 6.43. The van der Waals surface area contributed by atoms with Gasteiger partial charge in [0.1, 0.15) is 0 Å². The van der Waals surface area contributed by atoms with Crippen molar-refractivity contribution in [1.29, 1.82) is 0 Å². The summed E-state index contributed by atoms with van der Waals surface area (Å²) in [6, 6.07) is 6.14. The number of hydrogen-bond donors (Lipinski definition) is 1. The molecule has 8 heteroatoms. The highest BCUT2D eigenvalue weighted by Gasteiger charge is 2.23. The number of hydrogen-bond acceptors (Lipinski definition) is 5. The smallest absolute Gasteiger partial charge is 0.269 e. The summed E-state index contributed by atoms with van der Waals surface area (Å²) in [6.07, 6.45) is 0.0247. The second-order valence-corrected chi connectivity index (χ2v) is 4.67. The molecule has 2 N–H and O–H groups in total. The zero-order valence-corrected chi connectivity index (χ0v) is 12.3. The number of morpholine rings is 1. The second-order valence-electron chi connectivity index (χ2n) is 4.67. The predicted molar refractivity (Wildman–Crippen MR) is 79.4 cm³/mol. The molecule has 1 unspecified atom stereocenters. The summed E-state index contributed by atoms with van der Waals surface area (Å²) in [4.78, 5) is 24.1. The largest absolute Gasteiger partial charge is 0.373 e. The highest BCUT2D eigenvalue weighted by molar-refractivity contribution is 5.85. The van der Waals surface area contributed by atoms with Gasteiger partial charge in [-0.15, -0.1) is 12.4 Å². The first-order chi connectivity index (χ1) is 9.60. The number of carbonyl (C=O) groups excluding carboxylic acids is 1. The monoisotopic (exact) mass is 315 g/mol. The van der Waals surface area contributed by atoms with Crippen molar-refractivity contribution in [3.63, 3.8) is 0 Å². The van der Waals surface area contributed by atoms with Crippen LogP contribution in [0.25, 0.3) is 0 Å². The van der Waals surface area contributed by atoms with E-state index in [2.05, 4.69) is 0 Å². The van der Waals surface area contributed by atoms with Crippen LogP contribution in [0, 0.1) is 10.1 Å². The average Bonchev–Trinajstić information content (AvgIpc) is 2.47. The molecule has 0 aromatic heterocycles. The van der Waals surface area contributed by atoms with Gasteiger partial charge in [0.05, 0.1) is 24.1 Å². The third-order valence-corrected chi connectivity index (χ3v) is 3.23. The molecular formula is C13H18ClN3O4. The van der Waals surface area contributed by atoms with Crippen LogP contribution < -0.4 is 5.73 Å². The molecule has 21 heavy (non-hydrogen) atoms. The Bertz CT molecular complexity index is 512. The zero-order valence-electron chi connectivity index (χ0n) is 11.4. The molecule has 2 rings (SSSR count). The number of ether oxygens (including phenoxy) is 1. The topological polar surface area (TPSA) is 98.7 Å². The molecule has 1 fully saturated rings. The Hall–Kier alpha value is -1.70. The van der Waals surface area contributed by atoms with E-state index in [0.29, 0.717) is 31.8 Å². The molecule has 1 atom stereocenters. The van der Waals surface area contributed by atoms with E-state index >= 15 is 0 Å². The number of non-ortho nitro benzene ring substituents is 1. The van der Waals surface area contributed by atoms with Crippen molar-refractivity contribution >= 4 is 24.0 Å². The minimum Gasteiger partial charge on any atom is -0.373 e. The van der Waals surface area contributed by atoms with Crippen molar-refractivity contribution in [3.05, 3.63) is 39.9 Å². The molecule has 1 aromatic carbocycles. The van der Waals surface area contributed by atoms with Crippen LogP contribution in [-0.4, -0.2) is 48.1 Å². The molecule has 1 aromatic rings. The Morgan fingerprint density at radius 3 is 2.95 bits per heavy atom. The summed E-state index contributed by atoms with van der Waals surface area (Å²) in [5.41, 5.74) is 6.17. The molecule has 0 radical (unpaired) electrons. The maximum Gasteiger partial charge on any atom is 0.269 e. The van der Waals surface area contributed by atoms with Crippen LogP contribution >= 0.6 is 12.4 Å². The number of benzene rings is 1. The molecule has 0 spiro atoms. The van der Waals surface area contributed by atoms with Gasteiger partial charge < -0.3 is 15.4 Å². The second kappa shape index (κ2) is 7.92. The van der Waals surface area contributed by atoms with Crippen molar-refractivity contribution < 1.29 is 14.5 Å². The predicted octanol–water partition coefficient (Wildman–Crippen LogP) is 0.745. The van der Waals surface area contributed by atoms with Crippen molar-refractivity contribution in [2.75, 3.05) is 26.2 Å². The van der Waals surface area contributed by atoms with Crippen LogP contribution in [-0.2, 0) is 16.0 Å². The minimum atomic E-state index is -0.465. The number of nitrogens with zero attached hydrogens (tertiary/aromatic N) is 2. The van der Waals surface area contributed by atoms with Crippen molar-refractivity contribution in [2.45, 2.75) is 12.5 Å². The number of halogens is 1. The van der Waals surface area contributed by atoms with Crippen LogP contribution in [0.15, 0.2) is 24.3 Å². The van der Waals surface area contributed by atoms with Gasteiger partial charge in [0.15, 0.2) is 0 Å². The van der Waals surface area contributed by atoms with E-state index in [4.69, 9.17) is 10.5 Å². The summed E-state index contributed by atoms with van der Waals surface area (Å²) >= 11 is 0. The summed E-state index contributed by atoms with van der Waals surface area (Å²) in [7, 11) is 0. The van der Waals surface area contributed by atoms with E-state index in [1.54, 1.807) is 17.0 Å². The van der Waals surface area contributed by atoms with E-state index in [1.165, 1.54) is 12.1 Å². The fraction of sp³-hybridized carbons (Fsp3) is 0.462. The molecule has 1 aliphatic rings. The third-order valence-electron chi connectivity index (χ3n) is 3.23. The lowest BCUT2D eigenvalue weighted by Gasteiger charge is -2.32. The SMILES string of the molecule is Cl.NCC1CN(C(=O)Cc2cccc([N+](=O)[O-])c2)CCO1. The lowest BCUT2D eigenvalue weighted by molar-refractivity contribution is -0.384. The molecule has 1 saturated heterocycles. The van der Waals surface area contributed by atoms with Crippen LogP contribution in [0.4, 0.5) is 5.69 Å². The standard InChI is InChI=1S/C13H17N3O4.ClH/c14-8-12-9-15(4-5-20-12)13(17)7-10-2-1-3-11(6-10)16(18)19;/h1-3,6,12H,4-5,7-9,14H2;1H. The van der Waals surface area contributed by atoms with Crippen LogP contribution in [0.5, 0.6) is 0 Å². The van der Waals surface area contributed by atoms with Crippen LogP contribution in [0.2, 0.25) is 0 Å². The number of rotatable bonds is 4. The number of nitrogens with two attached hydrogens (primary N) is 1. The molecule has 116 valence electrons. The summed E-state index contributed by atoms with van der Waals surface area (Å²) in [6.45, 7) is 1.86. The maximum atomic E-state index is 12.2. The Morgan fingerprint density at radius 1 is 1.52 bits per heavy atom. The fourth-order valence-electron chi connectivity index (χ4n) is 2.15. The van der Waals surface area contributed by atoms with E-state index < -0.39 is 4.92 Å². The summed E-state index contributed by atoms with van der Waals surface area (Å²) in [5, 5.41) is 10.7. The van der Waals surface area contributed by atoms with Gasteiger partial charge in [-0.25, -0.2) is 0 Å². The molecular weight excluding hydrogens is 298 g/mol. The lowest BCUT2D eigenvalue weighted by atomic mass is 10.1. The molecule has 0 saturated carbocycles. The molecule has 1 aliphatic heterocycles. The number of amides is 1. The van der Waals surface area contributed by atoms with E-state index in [1.807, 2.05) is 0 Å². The van der Waals surface area contributed by atoms with Crippen molar-refractivity contribution in [2.24, 2.45) is 5.73 Å². The Balaban J connectivity index is 0.00000220. The van der Waals surface area contributed by atoms with Crippen molar-refractivity contribution in [1.82, 2.24) is 4.90 Å². The van der Waals surface area contributed by atoms with Crippen LogP contribution in [0.1, 0.15) is 5.56 Å². The van der Waals surface area contributed by atoms with Gasteiger partial charge >= 0.3 is 0 Å². The van der Waals surface area contributed by atoms with E-state index in [-0.39, 0.29) is 36.5 Å². The Morgan fingerprint density at radius 2 is 2.29 bits per heavy atom. The zero-order chi connectivity index (χ0) is 14.5. The quantitative estimate of drug-likeness (QED) is 0.653. The lowest BCUT2D eigenvalue weighted by Crippen LogP contribution is -2.48. The van der Waals surface area contributed by atoms with Gasteiger partial charge in [-0.3, -0.25) is 14.9 Å². The van der Waals surface area contributed by atoms with Gasteiger partial charge in [0.2, 0.25) is 5.91 Å². The summed E-state index contributed by atoms with van der Waals surface area (Å²) < 4.78 is 5.40. The fourth-order valence-corrected chi connectivity index (χ4v) is 2.15. The summed E-state index contributed by atoms with van der Waals surface area (Å²) in [5.74, 6) is -0.0627. The van der Waals surface area contributed by atoms with Crippen molar-refractivity contribution in [3.8, 4) is 0 Å². The van der Waals surface area contributed by atoms with Gasteiger partial charge in [-0.2, -0.15) is 0 Å². The van der Waals surface area contributed by atoms with Gasteiger partial charge in [-0.1, -0.05) is 12.1 Å². The first kappa shape index (κ1) is 17.4. The van der Waals surface area contributed by atoms with Gasteiger partial charge in [-0.05, 0) is 5.56 Å². The molecule has 0 bridgehead atoms. The Kier molecular flexibility index (Phi) is 6.54. The Labute approximate surface area is 128 Å². The van der Waals surface area contributed by atoms with Gasteiger partial charge in [0, 0.05) is 31.8 Å². The third kappa shape index (κ3) is 4.66. The normalized spacial score (nSPS) is 18.0. The minimum absolute atomic E-state index is 0. The van der Waals surface area contributed by atoms with Crippen LogP contribution in [0.3, 0.4) is 0 Å². The highest BCUT2D eigenvalue weighted by Crippen LogP contribution is 2.15. The molecule has 1 heterocycles. The first-order valence-corrected chi connectivity index (χ1v) is 6.43. The molecule has 0 aliphatic carbocycles. The molecule has 7 nitrogen and oxygen atoms in total. The maximum absolute atomic E-state index is 12.2. The van der Waals surface area contributed by atoms with Gasteiger partial charge in [0.25, 0.3) is 5.69 Å².